The summed E-state index contributed by atoms with van der Waals surface area (Å²) in [6.45, 7) is 2.32. The van der Waals surface area contributed by atoms with Crippen LogP contribution < -0.4 is 10.2 Å². The molecule has 2 unspecified atom stereocenters. The Morgan fingerprint density at radius 2 is 2.15 bits per heavy atom. The van der Waals surface area contributed by atoms with E-state index in [2.05, 4.69) is 15.4 Å². The molecule has 2 N–H and O–H groups in total. The van der Waals surface area contributed by atoms with E-state index in [9.17, 15) is 5.11 Å². The summed E-state index contributed by atoms with van der Waals surface area (Å²) in [5, 5.41) is 14.6. The Bertz CT molecular complexity index is 564. The summed E-state index contributed by atoms with van der Waals surface area (Å²) in [6.07, 6.45) is 2.47. The number of hydrogen-bond acceptors (Lipinski definition) is 5. The molecule has 106 valence electrons. The van der Waals surface area contributed by atoms with Gasteiger partial charge in [-0.3, -0.25) is 4.90 Å². The lowest BCUT2D eigenvalue weighted by molar-refractivity contribution is 0.133. The zero-order valence-corrected chi connectivity index (χ0v) is 11.5. The first-order valence-electron chi connectivity index (χ1n) is 7.22. The van der Waals surface area contributed by atoms with Gasteiger partial charge in [-0.25, -0.2) is 0 Å². The van der Waals surface area contributed by atoms with Crippen LogP contribution >= 0.6 is 0 Å². The summed E-state index contributed by atoms with van der Waals surface area (Å²) in [5.41, 5.74) is 5.65. The standard InChI is InChI=1S/C15H19N3O2/c1-20-12-3-2-10(8-11(12)19)14-15-13(16-17-14)9-4-6-18(15)7-5-9/h2-3,8-9,14-15,17,19H,4-7H2,1H3. The molecule has 4 aliphatic heterocycles. The lowest BCUT2D eigenvalue weighted by Gasteiger charge is -2.45. The second-order valence-electron chi connectivity index (χ2n) is 5.83. The lowest BCUT2D eigenvalue weighted by Crippen LogP contribution is -2.56. The number of aromatic hydroxyl groups is 1. The van der Waals surface area contributed by atoms with Crippen LogP contribution in [-0.2, 0) is 0 Å². The highest BCUT2D eigenvalue weighted by molar-refractivity contribution is 5.95. The maximum Gasteiger partial charge on any atom is 0.160 e. The van der Waals surface area contributed by atoms with Crippen molar-refractivity contribution in [3.63, 3.8) is 0 Å². The Morgan fingerprint density at radius 3 is 2.85 bits per heavy atom. The minimum absolute atomic E-state index is 0.143. The summed E-state index contributed by atoms with van der Waals surface area (Å²) >= 11 is 0. The van der Waals surface area contributed by atoms with Gasteiger partial charge in [0.1, 0.15) is 0 Å². The molecule has 4 aliphatic rings. The SMILES string of the molecule is COc1ccc(C2NN=C3C4CCN(CC4)C32)cc1O. The van der Waals surface area contributed by atoms with Crippen LogP contribution in [0.4, 0.5) is 0 Å². The van der Waals surface area contributed by atoms with Crippen molar-refractivity contribution >= 4 is 5.71 Å². The lowest BCUT2D eigenvalue weighted by atomic mass is 9.78. The Labute approximate surface area is 118 Å². The quantitative estimate of drug-likeness (QED) is 0.857. The van der Waals surface area contributed by atoms with Crippen LogP contribution in [-0.4, -0.2) is 42.0 Å². The van der Waals surface area contributed by atoms with E-state index in [1.165, 1.54) is 18.6 Å². The second-order valence-corrected chi connectivity index (χ2v) is 5.83. The number of methoxy groups -OCH3 is 1. The predicted molar refractivity (Wildman–Crippen MR) is 76.1 cm³/mol. The molecule has 0 spiro atoms. The summed E-state index contributed by atoms with van der Waals surface area (Å²) in [4.78, 5) is 2.52. The molecule has 20 heavy (non-hydrogen) atoms. The molecule has 0 radical (unpaired) electrons. The zero-order valence-electron chi connectivity index (χ0n) is 11.5. The molecule has 2 atom stereocenters. The van der Waals surface area contributed by atoms with Gasteiger partial charge in [0, 0.05) is 5.92 Å². The fourth-order valence-electron chi connectivity index (χ4n) is 3.81. The Morgan fingerprint density at radius 1 is 1.35 bits per heavy atom. The van der Waals surface area contributed by atoms with Gasteiger partial charge < -0.3 is 15.3 Å². The van der Waals surface area contributed by atoms with Crippen molar-refractivity contribution in [2.45, 2.75) is 24.9 Å². The molecule has 5 nitrogen and oxygen atoms in total. The van der Waals surface area contributed by atoms with Crippen LogP contribution in [0.3, 0.4) is 0 Å². The topological polar surface area (TPSA) is 57.1 Å². The number of phenolic OH excluding ortho intramolecular Hbond substituents is 1. The van der Waals surface area contributed by atoms with Crippen LogP contribution in [0.5, 0.6) is 11.5 Å². The van der Waals surface area contributed by atoms with Gasteiger partial charge in [-0.2, -0.15) is 5.10 Å². The summed E-state index contributed by atoms with van der Waals surface area (Å²) < 4.78 is 5.11. The summed E-state index contributed by atoms with van der Waals surface area (Å²) in [5.74, 6) is 1.35. The smallest absolute Gasteiger partial charge is 0.160 e. The maximum absolute atomic E-state index is 9.98. The van der Waals surface area contributed by atoms with Crippen LogP contribution in [0.25, 0.3) is 0 Å². The Kier molecular flexibility index (Phi) is 2.63. The molecular formula is C15H19N3O2. The first kappa shape index (κ1) is 12.0. The monoisotopic (exact) mass is 273 g/mol. The number of hydrazone groups is 1. The van der Waals surface area contributed by atoms with Crippen molar-refractivity contribution in [1.29, 1.82) is 0 Å². The van der Waals surface area contributed by atoms with Crippen molar-refractivity contribution in [2.75, 3.05) is 20.2 Å². The number of nitrogens with zero attached hydrogens (tertiary/aromatic N) is 2. The Balaban J connectivity index is 1.66. The van der Waals surface area contributed by atoms with Crippen LogP contribution in [0, 0.1) is 5.92 Å². The molecule has 2 bridgehead atoms. The van der Waals surface area contributed by atoms with Crippen LogP contribution in [0.2, 0.25) is 0 Å². The van der Waals surface area contributed by atoms with Crippen molar-refractivity contribution in [3.05, 3.63) is 23.8 Å². The number of hydrogen-bond donors (Lipinski definition) is 2. The van der Waals surface area contributed by atoms with Gasteiger partial charge in [0.05, 0.1) is 24.9 Å². The van der Waals surface area contributed by atoms with E-state index in [1.807, 2.05) is 12.1 Å². The van der Waals surface area contributed by atoms with Crippen molar-refractivity contribution < 1.29 is 9.84 Å². The molecule has 0 saturated carbocycles. The van der Waals surface area contributed by atoms with E-state index < -0.39 is 0 Å². The largest absolute Gasteiger partial charge is 0.504 e. The number of phenols is 1. The summed E-state index contributed by atoms with van der Waals surface area (Å²) in [7, 11) is 1.57. The van der Waals surface area contributed by atoms with Gasteiger partial charge in [0.2, 0.25) is 0 Å². The highest BCUT2D eigenvalue weighted by Crippen LogP contribution is 2.40. The van der Waals surface area contributed by atoms with Crippen molar-refractivity contribution in [1.82, 2.24) is 10.3 Å². The fraction of sp³-hybridized carbons (Fsp3) is 0.533. The number of ether oxygens (including phenoxy) is 1. The number of fused-ring (bicyclic) bond motifs is 2. The van der Waals surface area contributed by atoms with E-state index >= 15 is 0 Å². The number of benzene rings is 1. The molecule has 5 heteroatoms. The highest BCUT2D eigenvalue weighted by atomic mass is 16.5. The fourth-order valence-corrected chi connectivity index (χ4v) is 3.81. The minimum atomic E-state index is 0.143. The van der Waals surface area contributed by atoms with E-state index in [0.717, 1.165) is 18.7 Å². The zero-order chi connectivity index (χ0) is 13.7. The molecule has 5 rings (SSSR count). The van der Waals surface area contributed by atoms with Gasteiger partial charge in [-0.15, -0.1) is 0 Å². The third-order valence-electron chi connectivity index (χ3n) is 4.85. The second kappa shape index (κ2) is 4.38. The normalized spacial score (nSPS) is 34.4. The number of nitrogens with one attached hydrogen (secondary N) is 1. The third-order valence-corrected chi connectivity index (χ3v) is 4.85. The Hall–Kier alpha value is -1.75. The van der Waals surface area contributed by atoms with Gasteiger partial charge in [-0.1, -0.05) is 6.07 Å². The van der Waals surface area contributed by atoms with Crippen molar-refractivity contribution in [3.8, 4) is 11.5 Å². The van der Waals surface area contributed by atoms with E-state index in [1.54, 1.807) is 13.2 Å². The van der Waals surface area contributed by atoms with Gasteiger partial charge >= 0.3 is 0 Å². The average molecular weight is 273 g/mol. The molecule has 3 saturated heterocycles. The maximum atomic E-state index is 9.98. The van der Waals surface area contributed by atoms with E-state index in [0.29, 0.717) is 17.7 Å². The van der Waals surface area contributed by atoms with E-state index in [4.69, 9.17) is 4.74 Å². The molecule has 1 aromatic carbocycles. The molecule has 0 aliphatic carbocycles. The van der Waals surface area contributed by atoms with Crippen molar-refractivity contribution in [2.24, 2.45) is 11.0 Å². The van der Waals surface area contributed by atoms with Crippen LogP contribution in [0.15, 0.2) is 23.3 Å². The van der Waals surface area contributed by atoms with Crippen LogP contribution in [0.1, 0.15) is 24.4 Å². The molecule has 1 aromatic rings. The molecule has 4 heterocycles. The summed E-state index contributed by atoms with van der Waals surface area (Å²) in [6, 6.07) is 6.12. The molecular weight excluding hydrogens is 254 g/mol. The number of rotatable bonds is 2. The third kappa shape index (κ3) is 1.62. The predicted octanol–water partition coefficient (Wildman–Crippen LogP) is 1.50. The highest BCUT2D eigenvalue weighted by Gasteiger charge is 2.46. The van der Waals surface area contributed by atoms with E-state index in [-0.39, 0.29) is 11.8 Å². The van der Waals surface area contributed by atoms with Gasteiger partial charge in [0.15, 0.2) is 11.5 Å². The molecule has 0 aromatic heterocycles. The first-order chi connectivity index (χ1) is 9.78. The average Bonchev–Trinajstić information content (AvgIpc) is 2.95. The van der Waals surface area contributed by atoms with Gasteiger partial charge in [-0.05, 0) is 43.6 Å². The molecule has 3 fully saturated rings. The minimum Gasteiger partial charge on any atom is -0.504 e. The first-order valence-corrected chi connectivity index (χ1v) is 7.22. The van der Waals surface area contributed by atoms with Gasteiger partial charge in [0.25, 0.3) is 0 Å². The number of piperidine rings is 3. The molecule has 0 amide bonds.